The topological polar surface area (TPSA) is 69.7 Å². The van der Waals surface area contributed by atoms with Crippen LogP contribution in [0.5, 0.6) is 0 Å². The van der Waals surface area contributed by atoms with Gasteiger partial charge in [0.05, 0.1) is 22.2 Å². The van der Waals surface area contributed by atoms with Crippen molar-refractivity contribution in [2.24, 2.45) is 0 Å². The Morgan fingerprint density at radius 3 is 2.61 bits per heavy atom. The number of nitrogens with zero attached hydrogens (tertiary/aromatic N) is 2. The van der Waals surface area contributed by atoms with E-state index in [1.807, 2.05) is 23.1 Å². The Morgan fingerprint density at radius 1 is 1.07 bits per heavy atom. The molecule has 0 saturated carbocycles. The summed E-state index contributed by atoms with van der Waals surface area (Å²) < 4.78 is 27.0. The van der Waals surface area contributed by atoms with Crippen LogP contribution in [0.15, 0.2) is 47.4 Å². The number of halogens is 1. The summed E-state index contributed by atoms with van der Waals surface area (Å²) in [7, 11) is -3.56. The SMILES string of the molecule is O=C(CN1CCc2ccccc21)Nc1cc(S(=O)(=O)N2CCCC2)ccc1Cl. The Balaban J connectivity index is 1.49. The molecule has 1 saturated heterocycles. The van der Waals surface area contributed by atoms with Crippen LogP contribution in [0.25, 0.3) is 0 Å². The lowest BCUT2D eigenvalue weighted by Gasteiger charge is -2.20. The minimum Gasteiger partial charge on any atom is -0.362 e. The highest BCUT2D eigenvalue weighted by atomic mass is 35.5. The third-order valence-electron chi connectivity index (χ3n) is 5.23. The summed E-state index contributed by atoms with van der Waals surface area (Å²) in [4.78, 5) is 14.7. The zero-order valence-corrected chi connectivity index (χ0v) is 17.0. The fourth-order valence-electron chi connectivity index (χ4n) is 3.77. The maximum Gasteiger partial charge on any atom is 0.243 e. The molecule has 0 aromatic heterocycles. The van der Waals surface area contributed by atoms with E-state index in [2.05, 4.69) is 11.4 Å². The van der Waals surface area contributed by atoms with Crippen LogP contribution in [0.2, 0.25) is 5.02 Å². The molecule has 4 rings (SSSR count). The molecule has 2 aliphatic heterocycles. The molecule has 0 atom stereocenters. The minimum atomic E-state index is -3.56. The number of sulfonamides is 1. The van der Waals surface area contributed by atoms with Gasteiger partial charge in [-0.25, -0.2) is 8.42 Å². The first-order valence-electron chi connectivity index (χ1n) is 9.37. The van der Waals surface area contributed by atoms with Gasteiger partial charge in [0.15, 0.2) is 0 Å². The number of rotatable bonds is 5. The van der Waals surface area contributed by atoms with Crippen molar-refractivity contribution in [3.8, 4) is 0 Å². The van der Waals surface area contributed by atoms with Gasteiger partial charge in [-0.3, -0.25) is 4.79 Å². The smallest absolute Gasteiger partial charge is 0.243 e. The van der Waals surface area contributed by atoms with Crippen LogP contribution in [0.4, 0.5) is 11.4 Å². The molecular formula is C20H22ClN3O3S. The molecule has 148 valence electrons. The van der Waals surface area contributed by atoms with E-state index < -0.39 is 10.0 Å². The number of amides is 1. The van der Waals surface area contributed by atoms with E-state index in [9.17, 15) is 13.2 Å². The summed E-state index contributed by atoms with van der Waals surface area (Å²) in [6.45, 7) is 2.03. The Bertz CT molecular complexity index is 1000. The van der Waals surface area contributed by atoms with Crippen LogP contribution in [0.3, 0.4) is 0 Å². The molecule has 2 heterocycles. The van der Waals surface area contributed by atoms with Gasteiger partial charge >= 0.3 is 0 Å². The van der Waals surface area contributed by atoms with Crippen molar-refractivity contribution < 1.29 is 13.2 Å². The second kappa shape index (κ2) is 7.73. The summed E-state index contributed by atoms with van der Waals surface area (Å²) in [5, 5.41) is 3.09. The van der Waals surface area contributed by atoms with Gasteiger partial charge in [0, 0.05) is 25.3 Å². The van der Waals surface area contributed by atoms with Gasteiger partial charge in [-0.1, -0.05) is 29.8 Å². The summed E-state index contributed by atoms with van der Waals surface area (Å²) in [6.07, 6.45) is 2.65. The first-order chi connectivity index (χ1) is 13.4. The summed E-state index contributed by atoms with van der Waals surface area (Å²) in [6, 6.07) is 12.5. The van der Waals surface area contributed by atoms with Gasteiger partial charge in [0.2, 0.25) is 15.9 Å². The number of hydrogen-bond acceptors (Lipinski definition) is 4. The third-order valence-corrected chi connectivity index (χ3v) is 7.46. The molecule has 2 aromatic carbocycles. The highest BCUT2D eigenvalue weighted by molar-refractivity contribution is 7.89. The van der Waals surface area contributed by atoms with E-state index in [0.29, 0.717) is 23.8 Å². The van der Waals surface area contributed by atoms with Gasteiger partial charge in [0.25, 0.3) is 0 Å². The van der Waals surface area contributed by atoms with Crippen molar-refractivity contribution in [2.45, 2.75) is 24.2 Å². The summed E-state index contributed by atoms with van der Waals surface area (Å²) in [5.74, 6) is -0.227. The number of fused-ring (bicyclic) bond motifs is 1. The zero-order chi connectivity index (χ0) is 19.7. The molecule has 1 fully saturated rings. The van der Waals surface area contributed by atoms with Gasteiger partial charge < -0.3 is 10.2 Å². The average molecular weight is 420 g/mol. The third kappa shape index (κ3) is 3.74. The maximum absolute atomic E-state index is 12.8. The molecular weight excluding hydrogens is 398 g/mol. The Kier molecular flexibility index (Phi) is 5.31. The number of carbonyl (C=O) groups is 1. The van der Waals surface area contributed by atoms with Crippen molar-refractivity contribution in [1.29, 1.82) is 0 Å². The molecule has 8 heteroatoms. The highest BCUT2D eigenvalue weighted by Gasteiger charge is 2.28. The molecule has 2 aromatic rings. The lowest BCUT2D eigenvalue weighted by atomic mass is 10.2. The standard InChI is InChI=1S/C20H22ClN3O3S/c21-17-8-7-16(28(26,27)24-10-3-4-11-24)13-18(17)22-20(25)14-23-12-9-15-5-1-2-6-19(15)23/h1-2,5-8,13H,3-4,9-12,14H2,(H,22,25). The van der Waals surface area contributed by atoms with Gasteiger partial charge in [-0.05, 0) is 49.1 Å². The van der Waals surface area contributed by atoms with Crippen LogP contribution >= 0.6 is 11.6 Å². The fraction of sp³-hybridized carbons (Fsp3) is 0.350. The number of anilines is 2. The van der Waals surface area contributed by atoms with Crippen LogP contribution in [-0.2, 0) is 21.2 Å². The van der Waals surface area contributed by atoms with Gasteiger partial charge in [-0.15, -0.1) is 0 Å². The molecule has 0 bridgehead atoms. The highest BCUT2D eigenvalue weighted by Crippen LogP contribution is 2.30. The van der Waals surface area contributed by atoms with Crippen molar-refractivity contribution >= 4 is 38.9 Å². The van der Waals surface area contributed by atoms with Crippen molar-refractivity contribution in [3.05, 3.63) is 53.1 Å². The molecule has 6 nitrogen and oxygen atoms in total. The average Bonchev–Trinajstić information content (AvgIpc) is 3.34. The number of nitrogens with one attached hydrogen (secondary N) is 1. The van der Waals surface area contributed by atoms with Crippen molar-refractivity contribution in [3.63, 3.8) is 0 Å². The Morgan fingerprint density at radius 2 is 1.82 bits per heavy atom. The van der Waals surface area contributed by atoms with Gasteiger partial charge in [-0.2, -0.15) is 4.31 Å². The lowest BCUT2D eigenvalue weighted by molar-refractivity contribution is -0.115. The minimum absolute atomic E-state index is 0.153. The predicted molar refractivity (Wildman–Crippen MR) is 110 cm³/mol. The first-order valence-corrected chi connectivity index (χ1v) is 11.2. The van der Waals surface area contributed by atoms with Gasteiger partial charge in [0.1, 0.15) is 0 Å². The Labute approximate surface area is 170 Å². The Hall–Kier alpha value is -2.09. The molecule has 0 aliphatic carbocycles. The molecule has 28 heavy (non-hydrogen) atoms. The molecule has 0 spiro atoms. The quantitative estimate of drug-likeness (QED) is 0.808. The molecule has 1 N–H and O–H groups in total. The van der Waals surface area contributed by atoms with Crippen LogP contribution in [-0.4, -0.2) is 44.8 Å². The summed E-state index contributed by atoms with van der Waals surface area (Å²) in [5.41, 5.74) is 2.61. The molecule has 0 unspecified atom stereocenters. The number of benzene rings is 2. The second-order valence-corrected chi connectivity index (χ2v) is 9.45. The zero-order valence-electron chi connectivity index (χ0n) is 15.4. The van der Waals surface area contributed by atoms with E-state index >= 15 is 0 Å². The number of carbonyl (C=O) groups excluding carboxylic acids is 1. The molecule has 1 amide bonds. The van der Waals surface area contributed by atoms with Crippen LogP contribution in [0, 0.1) is 0 Å². The lowest BCUT2D eigenvalue weighted by Crippen LogP contribution is -2.32. The summed E-state index contributed by atoms with van der Waals surface area (Å²) >= 11 is 6.21. The normalized spacial score (nSPS) is 17.0. The van der Waals surface area contributed by atoms with Crippen molar-refractivity contribution in [2.75, 3.05) is 36.4 Å². The van der Waals surface area contributed by atoms with E-state index in [1.54, 1.807) is 0 Å². The predicted octanol–water partition coefficient (Wildman–Crippen LogP) is 3.13. The van der Waals surface area contributed by atoms with Crippen LogP contribution in [0.1, 0.15) is 18.4 Å². The van der Waals surface area contributed by atoms with Crippen molar-refractivity contribution in [1.82, 2.24) is 4.31 Å². The largest absolute Gasteiger partial charge is 0.362 e. The second-order valence-electron chi connectivity index (χ2n) is 7.10. The number of para-hydroxylation sites is 1. The maximum atomic E-state index is 12.8. The molecule has 2 aliphatic rings. The van der Waals surface area contributed by atoms with E-state index in [-0.39, 0.29) is 17.3 Å². The van der Waals surface area contributed by atoms with Crippen LogP contribution < -0.4 is 10.2 Å². The monoisotopic (exact) mass is 419 g/mol. The van der Waals surface area contributed by atoms with E-state index in [4.69, 9.17) is 11.6 Å². The fourth-order valence-corrected chi connectivity index (χ4v) is 5.48. The first kappa shape index (κ1) is 19.2. The van der Waals surface area contributed by atoms with E-state index in [0.717, 1.165) is 31.5 Å². The van der Waals surface area contributed by atoms with E-state index in [1.165, 1.54) is 28.1 Å². The molecule has 0 radical (unpaired) electrons. The number of hydrogen-bond donors (Lipinski definition) is 1.